The quantitative estimate of drug-likeness (QED) is 0.232. The highest BCUT2D eigenvalue weighted by molar-refractivity contribution is 8.13. The van der Waals surface area contributed by atoms with Crippen molar-refractivity contribution in [3.8, 4) is 11.5 Å². The number of ether oxygens (including phenoxy) is 2. The molecule has 0 aliphatic heterocycles. The van der Waals surface area contributed by atoms with Gasteiger partial charge in [-0.3, -0.25) is 0 Å². The first kappa shape index (κ1) is 20.7. The molecule has 28 heavy (non-hydrogen) atoms. The van der Waals surface area contributed by atoms with E-state index >= 15 is 0 Å². The predicted octanol–water partition coefficient (Wildman–Crippen LogP) is 6.28. The van der Waals surface area contributed by atoms with Gasteiger partial charge in [-0.2, -0.15) is 0 Å². The summed E-state index contributed by atoms with van der Waals surface area (Å²) in [5.41, 5.74) is 0. The molecule has 0 saturated carbocycles. The summed E-state index contributed by atoms with van der Waals surface area (Å²) in [6, 6.07) is 12.7. The van der Waals surface area contributed by atoms with Crippen LogP contribution in [0.1, 0.15) is 39.5 Å². The lowest BCUT2D eigenvalue weighted by atomic mass is 10.0. The van der Waals surface area contributed by atoms with Gasteiger partial charge in [0.25, 0.3) is 9.05 Å². The summed E-state index contributed by atoms with van der Waals surface area (Å²) in [6.45, 7) is 5.37. The van der Waals surface area contributed by atoms with E-state index in [2.05, 4.69) is 13.8 Å². The Morgan fingerprint density at radius 3 is 1.79 bits per heavy atom. The van der Waals surface area contributed by atoms with Gasteiger partial charge in [0.15, 0.2) is 0 Å². The molecule has 0 radical (unpaired) electrons. The second-order valence-corrected chi connectivity index (χ2v) is 9.32. The predicted molar refractivity (Wildman–Crippen MR) is 115 cm³/mol. The Labute approximate surface area is 170 Å². The first-order valence-electron chi connectivity index (χ1n) is 9.66. The molecule has 0 heterocycles. The highest BCUT2D eigenvalue weighted by Gasteiger charge is 2.19. The first-order chi connectivity index (χ1) is 13.5. The third-order valence-corrected chi connectivity index (χ3v) is 6.02. The van der Waals surface area contributed by atoms with E-state index in [0.29, 0.717) is 24.3 Å². The molecule has 0 saturated heterocycles. The van der Waals surface area contributed by atoms with Crippen molar-refractivity contribution in [3.63, 3.8) is 0 Å². The number of unbranched alkanes of at least 4 members (excludes halogenated alkanes) is 2. The van der Waals surface area contributed by atoms with E-state index < -0.39 is 9.05 Å². The van der Waals surface area contributed by atoms with Crippen molar-refractivity contribution < 1.29 is 17.9 Å². The van der Waals surface area contributed by atoms with Crippen LogP contribution in [-0.2, 0) is 9.05 Å². The lowest BCUT2D eigenvalue weighted by Gasteiger charge is -2.18. The maximum absolute atomic E-state index is 11.9. The van der Waals surface area contributed by atoms with Crippen molar-refractivity contribution in [2.24, 2.45) is 0 Å². The van der Waals surface area contributed by atoms with E-state index in [0.717, 1.165) is 47.6 Å². The highest BCUT2D eigenvalue weighted by Crippen LogP contribution is 2.43. The smallest absolute Gasteiger partial charge is 0.261 e. The highest BCUT2D eigenvalue weighted by atomic mass is 35.7. The largest absolute Gasteiger partial charge is 0.492 e. The minimum atomic E-state index is -3.85. The van der Waals surface area contributed by atoms with Crippen molar-refractivity contribution in [2.75, 3.05) is 13.2 Å². The van der Waals surface area contributed by atoms with Crippen LogP contribution < -0.4 is 9.47 Å². The second-order valence-electron chi connectivity index (χ2n) is 6.75. The van der Waals surface area contributed by atoms with E-state index in [1.807, 2.05) is 24.3 Å². The summed E-state index contributed by atoms with van der Waals surface area (Å²) in [7, 11) is 1.75. The van der Waals surface area contributed by atoms with Gasteiger partial charge < -0.3 is 9.47 Å². The number of hydrogen-bond acceptors (Lipinski definition) is 4. The van der Waals surface area contributed by atoms with Crippen molar-refractivity contribution >= 4 is 41.3 Å². The normalized spacial score (nSPS) is 11.8. The lowest BCUT2D eigenvalue weighted by Crippen LogP contribution is -2.02. The summed E-state index contributed by atoms with van der Waals surface area (Å²) in [6.07, 6.45) is 3.90. The molecule has 150 valence electrons. The van der Waals surface area contributed by atoms with Crippen LogP contribution >= 0.6 is 10.7 Å². The fraction of sp³-hybridized carbons (Fsp3) is 0.364. The molecule has 0 bridgehead atoms. The fourth-order valence-electron chi connectivity index (χ4n) is 3.18. The second kappa shape index (κ2) is 9.01. The molecule has 6 heteroatoms. The Kier molecular flexibility index (Phi) is 6.68. The van der Waals surface area contributed by atoms with Crippen LogP contribution in [-0.4, -0.2) is 21.6 Å². The molecule has 0 amide bonds. The standard InChI is InChI=1S/C22H25ClO4S/c1-3-5-13-26-21-17-9-7-8-10-18(17)22(27-14-6-4-2)20-15-16(28(23,24)25)11-12-19(20)21/h7-12,15H,3-6,13-14H2,1-2H3. The number of benzene rings is 3. The maximum Gasteiger partial charge on any atom is 0.261 e. The summed E-state index contributed by atoms with van der Waals surface area (Å²) in [4.78, 5) is 0.0526. The zero-order valence-electron chi connectivity index (χ0n) is 16.2. The van der Waals surface area contributed by atoms with Crippen molar-refractivity contribution in [1.29, 1.82) is 0 Å². The van der Waals surface area contributed by atoms with E-state index in [1.165, 1.54) is 6.07 Å². The maximum atomic E-state index is 11.9. The Bertz CT molecular complexity index is 1080. The third-order valence-electron chi connectivity index (χ3n) is 4.67. The molecular formula is C22H25ClO4S. The zero-order chi connectivity index (χ0) is 20.1. The van der Waals surface area contributed by atoms with Gasteiger partial charge in [0.05, 0.1) is 18.1 Å². The van der Waals surface area contributed by atoms with E-state index in [4.69, 9.17) is 20.2 Å². The van der Waals surface area contributed by atoms with Crippen molar-refractivity contribution in [1.82, 2.24) is 0 Å². The van der Waals surface area contributed by atoms with Crippen LogP contribution in [0, 0.1) is 0 Å². The summed E-state index contributed by atoms with van der Waals surface area (Å²) in [5, 5.41) is 3.38. The molecule has 4 nitrogen and oxygen atoms in total. The van der Waals surface area contributed by atoms with Gasteiger partial charge in [0, 0.05) is 32.2 Å². The summed E-state index contributed by atoms with van der Waals surface area (Å²) >= 11 is 0. The number of fused-ring (bicyclic) bond motifs is 2. The van der Waals surface area contributed by atoms with Crippen molar-refractivity contribution in [3.05, 3.63) is 42.5 Å². The van der Waals surface area contributed by atoms with Crippen LogP contribution in [0.25, 0.3) is 21.5 Å². The van der Waals surface area contributed by atoms with Gasteiger partial charge in [-0.05, 0) is 31.0 Å². The molecule has 0 N–H and O–H groups in total. The Morgan fingerprint density at radius 1 is 0.786 bits per heavy atom. The monoisotopic (exact) mass is 420 g/mol. The van der Waals surface area contributed by atoms with Crippen LogP contribution in [0.3, 0.4) is 0 Å². The number of rotatable bonds is 9. The summed E-state index contributed by atoms with van der Waals surface area (Å²) < 4.78 is 36.1. The molecule has 0 spiro atoms. The molecule has 3 aromatic carbocycles. The molecule has 0 unspecified atom stereocenters. The molecule has 0 aliphatic rings. The van der Waals surface area contributed by atoms with Crippen molar-refractivity contribution in [2.45, 2.75) is 44.4 Å². The minimum absolute atomic E-state index is 0.0526. The van der Waals surface area contributed by atoms with Crippen LogP contribution in [0.4, 0.5) is 0 Å². The molecule has 3 rings (SSSR count). The zero-order valence-corrected chi connectivity index (χ0v) is 17.8. The van der Waals surface area contributed by atoms with Gasteiger partial charge in [-0.25, -0.2) is 8.42 Å². The van der Waals surface area contributed by atoms with Crippen LogP contribution in [0.5, 0.6) is 11.5 Å². The number of halogens is 1. The van der Waals surface area contributed by atoms with Gasteiger partial charge in [0.2, 0.25) is 0 Å². The number of hydrogen-bond donors (Lipinski definition) is 0. The van der Waals surface area contributed by atoms with Gasteiger partial charge in [-0.15, -0.1) is 0 Å². The molecular weight excluding hydrogens is 396 g/mol. The summed E-state index contributed by atoms with van der Waals surface area (Å²) in [5.74, 6) is 1.42. The topological polar surface area (TPSA) is 52.6 Å². The third kappa shape index (κ3) is 4.36. The Morgan fingerprint density at radius 2 is 1.29 bits per heavy atom. The van der Waals surface area contributed by atoms with Crippen LogP contribution in [0.2, 0.25) is 0 Å². The average Bonchev–Trinajstić information content (AvgIpc) is 2.68. The van der Waals surface area contributed by atoms with Gasteiger partial charge >= 0.3 is 0 Å². The van der Waals surface area contributed by atoms with E-state index in [-0.39, 0.29) is 4.90 Å². The SMILES string of the molecule is CCCCOc1c2ccccc2c(OCCCC)c2cc(S(=O)(=O)Cl)ccc12. The molecule has 0 atom stereocenters. The lowest BCUT2D eigenvalue weighted by molar-refractivity contribution is 0.311. The van der Waals surface area contributed by atoms with E-state index in [9.17, 15) is 8.42 Å². The van der Waals surface area contributed by atoms with Crippen LogP contribution in [0.15, 0.2) is 47.4 Å². The average molecular weight is 421 g/mol. The minimum Gasteiger partial charge on any atom is -0.492 e. The van der Waals surface area contributed by atoms with Gasteiger partial charge in [0.1, 0.15) is 11.5 Å². The molecule has 0 aromatic heterocycles. The Balaban J connectivity index is 2.30. The van der Waals surface area contributed by atoms with Gasteiger partial charge in [-0.1, -0.05) is 51.0 Å². The van der Waals surface area contributed by atoms with E-state index in [1.54, 1.807) is 12.1 Å². The molecule has 0 aliphatic carbocycles. The molecule has 3 aromatic rings. The fourth-order valence-corrected chi connectivity index (χ4v) is 3.96. The first-order valence-corrected chi connectivity index (χ1v) is 12.0. The molecule has 0 fully saturated rings. The Hall–Kier alpha value is -1.98.